The number of nitrogens with zero attached hydrogens (tertiary/aromatic N) is 3. The summed E-state index contributed by atoms with van der Waals surface area (Å²) in [6.07, 6.45) is 3.97. The van der Waals surface area contributed by atoms with Crippen molar-refractivity contribution < 1.29 is 0 Å². The van der Waals surface area contributed by atoms with Gasteiger partial charge in [-0.1, -0.05) is 6.92 Å². The molecule has 13 heavy (non-hydrogen) atoms. The molecule has 0 saturated carbocycles. The Hall–Kier alpha value is -0.960. The number of rotatable bonds is 3. The normalized spacial score (nSPS) is 10.8. The fourth-order valence-corrected chi connectivity index (χ4v) is 1.19. The summed E-state index contributed by atoms with van der Waals surface area (Å²) in [5, 5.41) is 0. The van der Waals surface area contributed by atoms with Gasteiger partial charge < -0.3 is 4.90 Å². The van der Waals surface area contributed by atoms with Gasteiger partial charge in [0.05, 0.1) is 12.7 Å². The maximum Gasteiger partial charge on any atom is 0.143 e. The minimum Gasteiger partial charge on any atom is -0.302 e. The molecule has 0 saturated heterocycles. The summed E-state index contributed by atoms with van der Waals surface area (Å²) in [6, 6.07) is 0. The van der Waals surface area contributed by atoms with Crippen LogP contribution in [-0.2, 0) is 13.0 Å². The van der Waals surface area contributed by atoms with E-state index in [0.717, 1.165) is 30.0 Å². The van der Waals surface area contributed by atoms with Gasteiger partial charge in [0.15, 0.2) is 0 Å². The summed E-state index contributed by atoms with van der Waals surface area (Å²) in [6.45, 7) is 4.88. The average molecular weight is 178 g/mol. The van der Waals surface area contributed by atoms with Crippen molar-refractivity contribution in [2.45, 2.75) is 26.8 Å². The fourth-order valence-electron chi connectivity index (χ4n) is 1.19. The summed E-state index contributed by atoms with van der Waals surface area (Å²) in [5.41, 5.74) is 2.16. The second-order valence-electron chi connectivity index (χ2n) is 3.41. The van der Waals surface area contributed by atoms with Crippen molar-refractivity contribution in [2.24, 2.45) is 0 Å². The largest absolute Gasteiger partial charge is 0.302 e. The second-order valence-corrected chi connectivity index (χ2v) is 3.41. The predicted molar refractivity (Wildman–Crippen MR) is 52.4 cm³/mol. The highest BCUT2D eigenvalue weighted by atomic mass is 15.1. The lowest BCUT2D eigenvalue weighted by Crippen LogP contribution is -2.14. The van der Waals surface area contributed by atoms with Crippen LogP contribution in [0.1, 0.15) is 24.0 Å². The molecule has 3 nitrogen and oxygen atoms in total. The maximum absolute atomic E-state index is 4.40. The van der Waals surface area contributed by atoms with Crippen molar-refractivity contribution >= 4 is 0 Å². The van der Waals surface area contributed by atoms with Crippen molar-refractivity contribution in [3.63, 3.8) is 0 Å². The van der Waals surface area contributed by atoms with E-state index >= 15 is 0 Å². The Balaban J connectivity index is 2.83. The third-order valence-electron chi connectivity index (χ3n) is 1.86. The molecule has 0 aromatic carbocycles. The van der Waals surface area contributed by atoms with Gasteiger partial charge in [0, 0.05) is 11.3 Å². The molecule has 1 aromatic heterocycles. The number of aromatic nitrogens is 2. The molecule has 1 aromatic rings. The van der Waals surface area contributed by atoms with Gasteiger partial charge in [0.2, 0.25) is 0 Å². The molecule has 0 aliphatic carbocycles. The van der Waals surface area contributed by atoms with E-state index in [2.05, 4.69) is 23.1 Å². The maximum atomic E-state index is 4.40. The molecule has 1 radical (unpaired) electrons. The lowest BCUT2D eigenvalue weighted by atomic mass is 10.2. The Bertz CT molecular complexity index is 281. The third kappa shape index (κ3) is 2.77. The molecular formula is C10H16N3. The summed E-state index contributed by atoms with van der Waals surface area (Å²) in [7, 11) is 4.01. The van der Waals surface area contributed by atoms with Crippen LogP contribution in [-0.4, -0.2) is 29.0 Å². The third-order valence-corrected chi connectivity index (χ3v) is 1.86. The van der Waals surface area contributed by atoms with Gasteiger partial charge in [0.1, 0.15) is 5.82 Å². The molecule has 0 atom stereocenters. The molecule has 0 bridgehead atoms. The lowest BCUT2D eigenvalue weighted by molar-refractivity contribution is 0.389. The van der Waals surface area contributed by atoms with Crippen molar-refractivity contribution in [3.8, 4) is 0 Å². The second kappa shape index (κ2) is 4.33. The molecular weight excluding hydrogens is 162 g/mol. The van der Waals surface area contributed by atoms with Gasteiger partial charge in [-0.05, 0) is 27.4 Å². The first-order valence-corrected chi connectivity index (χ1v) is 4.52. The summed E-state index contributed by atoms with van der Waals surface area (Å²) in [5.74, 6) is 0.847. The molecule has 0 unspecified atom stereocenters. The minimum absolute atomic E-state index is 0.779. The first kappa shape index (κ1) is 10.1. The first-order chi connectivity index (χ1) is 6.13. The Kier molecular flexibility index (Phi) is 3.37. The van der Waals surface area contributed by atoms with Gasteiger partial charge in [-0.2, -0.15) is 0 Å². The van der Waals surface area contributed by atoms with Gasteiger partial charge in [-0.25, -0.2) is 9.97 Å². The van der Waals surface area contributed by atoms with Crippen molar-refractivity contribution in [3.05, 3.63) is 23.3 Å². The molecule has 0 spiro atoms. The standard InChI is InChI=1S/C10H16N3/c1-5-9-6-11-10(7-13(3)4)12-8(9)2/h5,7H2,1-4H3. The van der Waals surface area contributed by atoms with Crippen LogP contribution >= 0.6 is 0 Å². The van der Waals surface area contributed by atoms with Crippen LogP contribution in [0.2, 0.25) is 0 Å². The van der Waals surface area contributed by atoms with Gasteiger partial charge in [0.25, 0.3) is 0 Å². The topological polar surface area (TPSA) is 29.0 Å². The summed E-state index contributed by atoms with van der Waals surface area (Å²) < 4.78 is 0. The fraction of sp³-hybridized carbons (Fsp3) is 0.600. The van der Waals surface area contributed by atoms with Crippen LogP contribution < -0.4 is 0 Å². The zero-order valence-corrected chi connectivity index (χ0v) is 8.76. The van der Waals surface area contributed by atoms with E-state index in [0.29, 0.717) is 0 Å². The lowest BCUT2D eigenvalue weighted by Gasteiger charge is -2.09. The van der Waals surface area contributed by atoms with Crippen LogP contribution in [0, 0.1) is 13.1 Å². The summed E-state index contributed by atoms with van der Waals surface area (Å²) in [4.78, 5) is 10.6. The van der Waals surface area contributed by atoms with Crippen LogP contribution in [0.5, 0.6) is 0 Å². The number of aryl methyl sites for hydroxylation is 2. The van der Waals surface area contributed by atoms with Crippen molar-refractivity contribution in [2.75, 3.05) is 14.1 Å². The monoisotopic (exact) mass is 178 g/mol. The van der Waals surface area contributed by atoms with E-state index in [-0.39, 0.29) is 0 Å². The molecule has 0 fully saturated rings. The SMILES string of the molecule is CCc1[c]nc(CN(C)C)nc1C. The van der Waals surface area contributed by atoms with Gasteiger partial charge in [-0.15, -0.1) is 0 Å². The Morgan fingerprint density at radius 1 is 1.38 bits per heavy atom. The first-order valence-electron chi connectivity index (χ1n) is 4.52. The van der Waals surface area contributed by atoms with Crippen LogP contribution in [0.25, 0.3) is 0 Å². The molecule has 1 heterocycles. The van der Waals surface area contributed by atoms with Crippen molar-refractivity contribution in [1.29, 1.82) is 0 Å². The molecule has 0 aliphatic rings. The van der Waals surface area contributed by atoms with Crippen LogP contribution in [0.4, 0.5) is 0 Å². The number of hydrogen-bond donors (Lipinski definition) is 0. The molecule has 71 valence electrons. The van der Waals surface area contributed by atoms with Crippen LogP contribution in [0.15, 0.2) is 0 Å². The quantitative estimate of drug-likeness (QED) is 0.696. The van der Waals surface area contributed by atoms with Crippen molar-refractivity contribution in [1.82, 2.24) is 14.9 Å². The summed E-state index contributed by atoms with van der Waals surface area (Å²) >= 11 is 0. The highest BCUT2D eigenvalue weighted by Gasteiger charge is 2.02. The molecule has 0 N–H and O–H groups in total. The Morgan fingerprint density at radius 2 is 2.08 bits per heavy atom. The van der Waals surface area contributed by atoms with E-state index in [9.17, 15) is 0 Å². The smallest absolute Gasteiger partial charge is 0.143 e. The zero-order chi connectivity index (χ0) is 9.84. The highest BCUT2D eigenvalue weighted by molar-refractivity contribution is 5.14. The van der Waals surface area contributed by atoms with E-state index in [1.807, 2.05) is 25.9 Å². The zero-order valence-electron chi connectivity index (χ0n) is 8.76. The van der Waals surface area contributed by atoms with E-state index < -0.39 is 0 Å². The average Bonchev–Trinajstić information content (AvgIpc) is 2.03. The number of hydrogen-bond acceptors (Lipinski definition) is 3. The molecule has 0 aliphatic heterocycles. The minimum atomic E-state index is 0.779. The molecule has 3 heteroatoms. The van der Waals surface area contributed by atoms with E-state index in [1.54, 1.807) is 0 Å². The van der Waals surface area contributed by atoms with Gasteiger partial charge in [-0.3, -0.25) is 0 Å². The van der Waals surface area contributed by atoms with Gasteiger partial charge >= 0.3 is 0 Å². The van der Waals surface area contributed by atoms with Crippen LogP contribution in [0.3, 0.4) is 0 Å². The van der Waals surface area contributed by atoms with E-state index in [4.69, 9.17) is 0 Å². The van der Waals surface area contributed by atoms with E-state index in [1.165, 1.54) is 0 Å². The predicted octanol–water partition coefficient (Wildman–Crippen LogP) is 1.21. The molecule has 1 rings (SSSR count). The molecule has 0 amide bonds. The Morgan fingerprint density at radius 3 is 2.54 bits per heavy atom. The Labute approximate surface area is 79.8 Å². The highest BCUT2D eigenvalue weighted by Crippen LogP contribution is 2.04.